The quantitative estimate of drug-likeness (QED) is 0.907. The number of ether oxygens (including phenoxy) is 1. The first-order valence-corrected chi connectivity index (χ1v) is 6.96. The third kappa shape index (κ3) is 2.57. The number of rotatable bonds is 5. The Kier molecular flexibility index (Phi) is 3.76. The molecule has 0 bridgehead atoms. The van der Waals surface area contributed by atoms with Crippen LogP contribution in [0.15, 0.2) is 41.0 Å². The third-order valence-corrected chi connectivity index (χ3v) is 3.84. The molecule has 1 aromatic heterocycles. The highest BCUT2D eigenvalue weighted by molar-refractivity contribution is 5.40. The molecule has 20 heavy (non-hydrogen) atoms. The van der Waals surface area contributed by atoms with Crippen LogP contribution >= 0.6 is 0 Å². The van der Waals surface area contributed by atoms with Crippen LogP contribution in [0.2, 0.25) is 0 Å². The van der Waals surface area contributed by atoms with Gasteiger partial charge in [0.2, 0.25) is 0 Å². The summed E-state index contributed by atoms with van der Waals surface area (Å²) in [4.78, 5) is 2.22. The molecule has 3 rings (SSSR count). The number of furan rings is 1. The zero-order valence-corrected chi connectivity index (χ0v) is 11.7. The first-order chi connectivity index (χ1) is 9.78. The van der Waals surface area contributed by atoms with Crippen LogP contribution in [0.4, 0.5) is 0 Å². The molecule has 0 radical (unpaired) electrons. The highest BCUT2D eigenvalue weighted by atomic mass is 16.5. The van der Waals surface area contributed by atoms with Gasteiger partial charge in [0.05, 0.1) is 19.4 Å². The standard InChI is InChI=1S/C16H20N2O2/c1-18(11-14-3-2-7-19-14)15(10-17)12-4-5-16-13(9-12)6-8-20-16/h2-5,7,9,15H,6,8,10-11,17H2,1H3. The molecule has 2 heterocycles. The molecule has 2 N–H and O–H groups in total. The molecule has 4 nitrogen and oxygen atoms in total. The Morgan fingerprint density at radius 3 is 3.00 bits per heavy atom. The Bertz CT molecular complexity index is 566. The normalized spacial score (nSPS) is 15.2. The van der Waals surface area contributed by atoms with Gasteiger partial charge in [0.25, 0.3) is 0 Å². The van der Waals surface area contributed by atoms with Crippen molar-refractivity contribution >= 4 is 0 Å². The van der Waals surface area contributed by atoms with Gasteiger partial charge in [0.15, 0.2) is 0 Å². The van der Waals surface area contributed by atoms with Gasteiger partial charge >= 0.3 is 0 Å². The maximum atomic E-state index is 5.98. The van der Waals surface area contributed by atoms with Gasteiger partial charge in [-0.2, -0.15) is 0 Å². The van der Waals surface area contributed by atoms with Gasteiger partial charge < -0.3 is 14.9 Å². The fraction of sp³-hybridized carbons (Fsp3) is 0.375. The number of fused-ring (bicyclic) bond motifs is 1. The molecule has 2 aromatic rings. The molecule has 1 aliphatic rings. The number of hydrogen-bond donors (Lipinski definition) is 1. The van der Waals surface area contributed by atoms with E-state index >= 15 is 0 Å². The van der Waals surface area contributed by atoms with Crippen LogP contribution in [0, 0.1) is 0 Å². The van der Waals surface area contributed by atoms with Crippen molar-refractivity contribution in [1.82, 2.24) is 4.90 Å². The van der Waals surface area contributed by atoms with Gasteiger partial charge in [0, 0.05) is 19.0 Å². The van der Waals surface area contributed by atoms with E-state index in [4.69, 9.17) is 14.9 Å². The van der Waals surface area contributed by atoms with E-state index in [1.807, 2.05) is 12.1 Å². The maximum absolute atomic E-state index is 5.98. The van der Waals surface area contributed by atoms with Crippen molar-refractivity contribution in [2.75, 3.05) is 20.2 Å². The van der Waals surface area contributed by atoms with Crippen molar-refractivity contribution in [1.29, 1.82) is 0 Å². The highest BCUT2D eigenvalue weighted by Gasteiger charge is 2.20. The summed E-state index contributed by atoms with van der Waals surface area (Å²) in [6.07, 6.45) is 2.69. The lowest BCUT2D eigenvalue weighted by Gasteiger charge is -2.26. The lowest BCUT2D eigenvalue weighted by atomic mass is 10.0. The average Bonchev–Trinajstić information content (AvgIpc) is 3.09. The van der Waals surface area contributed by atoms with E-state index in [9.17, 15) is 0 Å². The lowest BCUT2D eigenvalue weighted by molar-refractivity contribution is 0.223. The van der Waals surface area contributed by atoms with Crippen molar-refractivity contribution in [2.24, 2.45) is 5.73 Å². The molecular formula is C16H20N2O2. The van der Waals surface area contributed by atoms with E-state index in [-0.39, 0.29) is 6.04 Å². The Hall–Kier alpha value is -1.78. The van der Waals surface area contributed by atoms with E-state index < -0.39 is 0 Å². The molecule has 4 heteroatoms. The van der Waals surface area contributed by atoms with Crippen LogP contribution in [0.25, 0.3) is 0 Å². The number of nitrogens with zero attached hydrogens (tertiary/aromatic N) is 1. The summed E-state index contributed by atoms with van der Waals surface area (Å²) in [6.45, 7) is 2.12. The molecule has 0 aliphatic carbocycles. The van der Waals surface area contributed by atoms with Crippen LogP contribution in [-0.4, -0.2) is 25.1 Å². The van der Waals surface area contributed by atoms with Crippen LogP contribution < -0.4 is 10.5 Å². The van der Waals surface area contributed by atoms with E-state index in [0.29, 0.717) is 6.54 Å². The minimum Gasteiger partial charge on any atom is -0.493 e. The first kappa shape index (κ1) is 13.2. The largest absolute Gasteiger partial charge is 0.493 e. The van der Waals surface area contributed by atoms with Crippen molar-refractivity contribution in [3.8, 4) is 5.75 Å². The second-order valence-electron chi connectivity index (χ2n) is 5.21. The highest BCUT2D eigenvalue weighted by Crippen LogP contribution is 2.30. The van der Waals surface area contributed by atoms with E-state index in [0.717, 1.165) is 31.1 Å². The zero-order valence-electron chi connectivity index (χ0n) is 11.7. The summed E-state index contributed by atoms with van der Waals surface area (Å²) in [6, 6.07) is 10.5. The molecule has 1 unspecified atom stereocenters. The Balaban J connectivity index is 1.78. The second kappa shape index (κ2) is 5.69. The van der Waals surface area contributed by atoms with Crippen molar-refractivity contribution in [3.05, 3.63) is 53.5 Å². The summed E-state index contributed by atoms with van der Waals surface area (Å²) in [7, 11) is 2.07. The van der Waals surface area contributed by atoms with E-state index in [1.165, 1.54) is 11.1 Å². The predicted octanol–water partition coefficient (Wildman–Crippen LogP) is 2.35. The SMILES string of the molecule is CN(Cc1ccco1)C(CN)c1ccc2c(c1)CCO2. The molecule has 1 aliphatic heterocycles. The molecule has 1 aromatic carbocycles. The van der Waals surface area contributed by atoms with Gasteiger partial charge in [-0.3, -0.25) is 4.90 Å². The molecule has 106 valence electrons. The molecular weight excluding hydrogens is 252 g/mol. The molecule has 0 fully saturated rings. The van der Waals surface area contributed by atoms with Crippen LogP contribution in [0.5, 0.6) is 5.75 Å². The maximum Gasteiger partial charge on any atom is 0.122 e. The summed E-state index contributed by atoms with van der Waals surface area (Å²) >= 11 is 0. The van der Waals surface area contributed by atoms with Gasteiger partial charge in [-0.25, -0.2) is 0 Å². The zero-order chi connectivity index (χ0) is 13.9. The fourth-order valence-corrected chi connectivity index (χ4v) is 2.74. The number of hydrogen-bond acceptors (Lipinski definition) is 4. The lowest BCUT2D eigenvalue weighted by Crippen LogP contribution is -2.30. The summed E-state index contributed by atoms with van der Waals surface area (Å²) in [5, 5.41) is 0. The summed E-state index contributed by atoms with van der Waals surface area (Å²) < 4.78 is 11.0. The van der Waals surface area contributed by atoms with Gasteiger partial charge in [-0.15, -0.1) is 0 Å². The molecule has 0 spiro atoms. The number of nitrogens with two attached hydrogens (primary N) is 1. The molecule has 0 saturated carbocycles. The van der Waals surface area contributed by atoms with Crippen molar-refractivity contribution in [3.63, 3.8) is 0 Å². The fourth-order valence-electron chi connectivity index (χ4n) is 2.74. The Labute approximate surface area is 119 Å². The minimum atomic E-state index is 0.186. The van der Waals surface area contributed by atoms with Gasteiger partial charge in [-0.1, -0.05) is 12.1 Å². The monoisotopic (exact) mass is 272 g/mol. The second-order valence-corrected chi connectivity index (χ2v) is 5.21. The van der Waals surface area contributed by atoms with Crippen molar-refractivity contribution in [2.45, 2.75) is 19.0 Å². The number of benzene rings is 1. The number of likely N-dealkylation sites (N-methyl/N-ethyl adjacent to an activating group) is 1. The predicted molar refractivity (Wildman–Crippen MR) is 77.6 cm³/mol. The van der Waals surface area contributed by atoms with Gasteiger partial charge in [-0.05, 0) is 36.4 Å². The molecule has 1 atom stereocenters. The Morgan fingerprint density at radius 2 is 2.25 bits per heavy atom. The first-order valence-electron chi connectivity index (χ1n) is 6.96. The van der Waals surface area contributed by atoms with Crippen LogP contribution in [0.3, 0.4) is 0 Å². The van der Waals surface area contributed by atoms with Crippen LogP contribution in [-0.2, 0) is 13.0 Å². The smallest absolute Gasteiger partial charge is 0.122 e. The third-order valence-electron chi connectivity index (χ3n) is 3.84. The summed E-state index contributed by atoms with van der Waals surface area (Å²) in [5.41, 5.74) is 8.50. The minimum absolute atomic E-state index is 0.186. The summed E-state index contributed by atoms with van der Waals surface area (Å²) in [5.74, 6) is 1.97. The van der Waals surface area contributed by atoms with Crippen LogP contribution in [0.1, 0.15) is 22.9 Å². The van der Waals surface area contributed by atoms with Gasteiger partial charge in [0.1, 0.15) is 11.5 Å². The van der Waals surface area contributed by atoms with E-state index in [1.54, 1.807) is 6.26 Å². The molecule has 0 saturated heterocycles. The topological polar surface area (TPSA) is 51.6 Å². The Morgan fingerprint density at radius 1 is 1.35 bits per heavy atom. The van der Waals surface area contributed by atoms with E-state index in [2.05, 4.69) is 30.1 Å². The average molecular weight is 272 g/mol. The van der Waals surface area contributed by atoms with Crippen molar-refractivity contribution < 1.29 is 9.15 Å². The molecule has 0 amide bonds.